The van der Waals surface area contributed by atoms with Crippen LogP contribution in [-0.2, 0) is 14.3 Å². The second kappa shape index (κ2) is 11.0. The SMILES string of the molecule is CC(CC(=O)NC(CC(=O)OC(C)C)c1ccccc1)NC(=O)c1ccccc1. The summed E-state index contributed by atoms with van der Waals surface area (Å²) in [4.78, 5) is 36.9. The molecule has 2 rings (SSSR count). The van der Waals surface area contributed by atoms with Gasteiger partial charge in [-0.05, 0) is 38.5 Å². The number of benzene rings is 2. The summed E-state index contributed by atoms with van der Waals surface area (Å²) in [6.45, 7) is 5.33. The third-order valence-corrected chi connectivity index (χ3v) is 4.18. The molecule has 154 valence electrons. The van der Waals surface area contributed by atoms with E-state index in [2.05, 4.69) is 10.6 Å². The van der Waals surface area contributed by atoms with Gasteiger partial charge in [-0.2, -0.15) is 0 Å². The number of nitrogens with one attached hydrogen (secondary N) is 2. The molecule has 0 aliphatic rings. The predicted molar refractivity (Wildman–Crippen MR) is 111 cm³/mol. The summed E-state index contributed by atoms with van der Waals surface area (Å²) in [6.07, 6.45) is -0.0809. The van der Waals surface area contributed by atoms with Gasteiger partial charge < -0.3 is 15.4 Å². The van der Waals surface area contributed by atoms with Gasteiger partial charge in [-0.3, -0.25) is 14.4 Å². The Morgan fingerprint density at radius 3 is 2.00 bits per heavy atom. The highest BCUT2D eigenvalue weighted by atomic mass is 16.5. The third kappa shape index (κ3) is 7.78. The number of carbonyl (C=O) groups excluding carboxylic acids is 3. The van der Waals surface area contributed by atoms with Crippen LogP contribution in [-0.4, -0.2) is 29.9 Å². The molecule has 0 bridgehead atoms. The molecule has 0 radical (unpaired) electrons. The van der Waals surface area contributed by atoms with E-state index in [0.717, 1.165) is 5.56 Å². The third-order valence-electron chi connectivity index (χ3n) is 4.18. The minimum absolute atomic E-state index is 0.0404. The first-order valence-electron chi connectivity index (χ1n) is 9.75. The number of rotatable bonds is 9. The lowest BCUT2D eigenvalue weighted by atomic mass is 10.0. The topological polar surface area (TPSA) is 84.5 Å². The predicted octanol–water partition coefficient (Wildman–Crippen LogP) is 3.39. The van der Waals surface area contributed by atoms with Gasteiger partial charge in [0.15, 0.2) is 0 Å². The Bertz CT molecular complexity index is 806. The van der Waals surface area contributed by atoms with E-state index in [1.165, 1.54) is 0 Å². The van der Waals surface area contributed by atoms with Crippen molar-refractivity contribution in [3.63, 3.8) is 0 Å². The average Bonchev–Trinajstić information content (AvgIpc) is 2.68. The molecule has 2 aromatic rings. The Morgan fingerprint density at radius 1 is 0.828 bits per heavy atom. The first-order valence-corrected chi connectivity index (χ1v) is 9.75. The zero-order valence-electron chi connectivity index (χ0n) is 17.1. The maximum atomic E-state index is 12.5. The van der Waals surface area contributed by atoms with Gasteiger partial charge in [0.05, 0.1) is 18.6 Å². The zero-order valence-corrected chi connectivity index (χ0v) is 17.1. The quantitative estimate of drug-likeness (QED) is 0.636. The van der Waals surface area contributed by atoms with Crippen molar-refractivity contribution in [2.45, 2.75) is 51.8 Å². The van der Waals surface area contributed by atoms with Gasteiger partial charge in [-0.25, -0.2) is 0 Å². The number of esters is 1. The van der Waals surface area contributed by atoms with Crippen LogP contribution in [0.4, 0.5) is 0 Å². The van der Waals surface area contributed by atoms with Gasteiger partial charge in [-0.1, -0.05) is 48.5 Å². The molecule has 0 fully saturated rings. The zero-order chi connectivity index (χ0) is 21.2. The molecular weight excluding hydrogens is 368 g/mol. The van der Waals surface area contributed by atoms with Crippen LogP contribution in [0, 0.1) is 0 Å². The van der Waals surface area contributed by atoms with Crippen molar-refractivity contribution >= 4 is 17.8 Å². The largest absolute Gasteiger partial charge is 0.463 e. The standard InChI is InChI=1S/C23H28N2O4/c1-16(2)29-22(27)15-20(18-10-6-4-7-11-18)25-21(26)14-17(3)24-23(28)19-12-8-5-9-13-19/h4-13,16-17,20H,14-15H2,1-3H3,(H,24,28)(H,25,26). The van der Waals surface area contributed by atoms with Crippen LogP contribution < -0.4 is 10.6 Å². The Morgan fingerprint density at radius 2 is 1.41 bits per heavy atom. The number of amides is 2. The highest BCUT2D eigenvalue weighted by molar-refractivity contribution is 5.94. The number of ether oxygens (including phenoxy) is 1. The van der Waals surface area contributed by atoms with Crippen LogP contribution in [0.2, 0.25) is 0 Å². The maximum Gasteiger partial charge on any atom is 0.308 e. The molecule has 2 atom stereocenters. The van der Waals surface area contributed by atoms with Crippen molar-refractivity contribution < 1.29 is 19.1 Å². The molecule has 29 heavy (non-hydrogen) atoms. The summed E-state index contributed by atoms with van der Waals surface area (Å²) >= 11 is 0. The lowest BCUT2D eigenvalue weighted by Gasteiger charge is -2.21. The van der Waals surface area contributed by atoms with E-state index in [0.29, 0.717) is 5.56 Å². The van der Waals surface area contributed by atoms with Gasteiger partial charge >= 0.3 is 5.97 Å². The second-order valence-corrected chi connectivity index (χ2v) is 7.22. The van der Waals surface area contributed by atoms with Crippen molar-refractivity contribution in [3.05, 3.63) is 71.8 Å². The normalized spacial score (nSPS) is 12.7. The monoisotopic (exact) mass is 396 g/mol. The first kappa shape index (κ1) is 22.1. The van der Waals surface area contributed by atoms with Gasteiger partial charge in [0.1, 0.15) is 0 Å². The van der Waals surface area contributed by atoms with Crippen molar-refractivity contribution in [3.8, 4) is 0 Å². The van der Waals surface area contributed by atoms with E-state index < -0.39 is 6.04 Å². The van der Waals surface area contributed by atoms with E-state index in [-0.39, 0.29) is 42.8 Å². The summed E-state index contributed by atoms with van der Waals surface area (Å²) in [7, 11) is 0. The molecule has 6 heteroatoms. The maximum absolute atomic E-state index is 12.5. The lowest BCUT2D eigenvalue weighted by Crippen LogP contribution is -2.38. The molecule has 0 aliphatic heterocycles. The molecular formula is C23H28N2O4. The van der Waals surface area contributed by atoms with E-state index in [1.807, 2.05) is 36.4 Å². The molecule has 0 aromatic heterocycles. The summed E-state index contributed by atoms with van der Waals surface area (Å²) in [5, 5.41) is 5.71. The van der Waals surface area contributed by atoms with Gasteiger partial charge in [0.25, 0.3) is 5.91 Å². The molecule has 2 amide bonds. The molecule has 0 saturated heterocycles. The Hall–Kier alpha value is -3.15. The molecule has 6 nitrogen and oxygen atoms in total. The average molecular weight is 396 g/mol. The molecule has 2 unspecified atom stereocenters. The Labute approximate surface area is 171 Å². The highest BCUT2D eigenvalue weighted by Gasteiger charge is 2.21. The minimum Gasteiger partial charge on any atom is -0.463 e. The summed E-state index contributed by atoms with van der Waals surface area (Å²) in [5.74, 6) is -0.859. The number of hydrogen-bond acceptors (Lipinski definition) is 4. The van der Waals surface area contributed by atoms with Crippen LogP contribution in [0.25, 0.3) is 0 Å². The van der Waals surface area contributed by atoms with E-state index in [1.54, 1.807) is 45.0 Å². The molecule has 0 spiro atoms. The fraction of sp³-hybridized carbons (Fsp3) is 0.348. The number of carbonyl (C=O) groups is 3. The fourth-order valence-corrected chi connectivity index (χ4v) is 2.89. The summed E-state index contributed by atoms with van der Waals surface area (Å²) in [5.41, 5.74) is 1.36. The van der Waals surface area contributed by atoms with Crippen molar-refractivity contribution in [1.29, 1.82) is 0 Å². The van der Waals surface area contributed by atoms with E-state index >= 15 is 0 Å². The molecule has 2 aromatic carbocycles. The van der Waals surface area contributed by atoms with Gasteiger partial charge in [-0.15, -0.1) is 0 Å². The van der Waals surface area contributed by atoms with Crippen molar-refractivity contribution in [2.24, 2.45) is 0 Å². The van der Waals surface area contributed by atoms with E-state index in [9.17, 15) is 14.4 Å². The molecule has 0 heterocycles. The summed E-state index contributed by atoms with van der Waals surface area (Å²) in [6, 6.07) is 17.3. The fourth-order valence-electron chi connectivity index (χ4n) is 2.89. The Balaban J connectivity index is 1.96. The smallest absolute Gasteiger partial charge is 0.308 e. The lowest BCUT2D eigenvalue weighted by molar-refractivity contribution is -0.148. The summed E-state index contributed by atoms with van der Waals surface area (Å²) < 4.78 is 5.22. The second-order valence-electron chi connectivity index (χ2n) is 7.22. The minimum atomic E-state index is -0.494. The van der Waals surface area contributed by atoms with Crippen LogP contribution >= 0.6 is 0 Å². The molecule has 0 saturated carbocycles. The van der Waals surface area contributed by atoms with E-state index in [4.69, 9.17) is 4.74 Å². The first-order chi connectivity index (χ1) is 13.8. The van der Waals surface area contributed by atoms with Crippen LogP contribution in [0.5, 0.6) is 0 Å². The van der Waals surface area contributed by atoms with Crippen molar-refractivity contribution in [1.82, 2.24) is 10.6 Å². The number of hydrogen-bond donors (Lipinski definition) is 2. The van der Waals surface area contributed by atoms with Crippen LogP contribution in [0.1, 0.15) is 55.6 Å². The van der Waals surface area contributed by atoms with Gasteiger partial charge in [0, 0.05) is 18.0 Å². The van der Waals surface area contributed by atoms with Gasteiger partial charge in [0.2, 0.25) is 5.91 Å². The molecule has 0 aliphatic carbocycles. The van der Waals surface area contributed by atoms with Crippen LogP contribution in [0.3, 0.4) is 0 Å². The van der Waals surface area contributed by atoms with Crippen LogP contribution in [0.15, 0.2) is 60.7 Å². The molecule has 2 N–H and O–H groups in total. The highest BCUT2D eigenvalue weighted by Crippen LogP contribution is 2.18. The Kier molecular flexibility index (Phi) is 8.40. The van der Waals surface area contributed by atoms with Crippen molar-refractivity contribution in [2.75, 3.05) is 0 Å².